The van der Waals surface area contributed by atoms with Gasteiger partial charge in [0.15, 0.2) is 29.1 Å². The van der Waals surface area contributed by atoms with Gasteiger partial charge in [-0.25, -0.2) is 19.9 Å². The van der Waals surface area contributed by atoms with Crippen LogP contribution >= 0.6 is 11.6 Å². The number of fused-ring (bicyclic) bond motifs is 18. The molecule has 2 spiro atoms. The van der Waals surface area contributed by atoms with Crippen LogP contribution in [0.4, 0.5) is 0 Å². The van der Waals surface area contributed by atoms with E-state index >= 15 is 0 Å². The molecule has 1 aliphatic heterocycles. The molecule has 4 aliphatic carbocycles. The van der Waals surface area contributed by atoms with Crippen LogP contribution in [0.25, 0.3) is 101 Å². The lowest BCUT2D eigenvalue weighted by Crippen LogP contribution is -2.41. The van der Waals surface area contributed by atoms with Gasteiger partial charge < -0.3 is 9.31 Å². The number of benzene rings is 14. The normalized spacial score (nSPS) is 15.3. The van der Waals surface area contributed by atoms with Crippen molar-refractivity contribution in [3.05, 3.63) is 424 Å². The van der Waals surface area contributed by atoms with Crippen LogP contribution in [-0.4, -0.2) is 48.2 Å². The van der Waals surface area contributed by atoms with E-state index in [1.807, 2.05) is 84.9 Å². The summed E-state index contributed by atoms with van der Waals surface area (Å²) in [6.45, 7) is 17.9. The fraction of sp³-hybridized carbons (Fsp3) is 0.151. The van der Waals surface area contributed by atoms with Gasteiger partial charge in [-0.3, -0.25) is 0 Å². The fourth-order valence-corrected chi connectivity index (χ4v) is 18.6. The molecule has 3 heterocycles. The molecule has 1 fully saturated rings. The predicted molar refractivity (Wildman–Crippen MR) is 477 cm³/mol. The molecule has 0 radical (unpaired) electrons. The number of halogens is 1. The number of hydrogen-bond acceptors (Lipinski definition) is 8. The maximum atomic E-state index is 6.45. The Bertz CT molecular complexity index is 6270. The Morgan fingerprint density at radius 3 is 0.828 bits per heavy atom. The van der Waals surface area contributed by atoms with Crippen LogP contribution in [0.5, 0.6) is 0 Å². The minimum atomic E-state index is -0.437. The van der Waals surface area contributed by atoms with Crippen molar-refractivity contribution < 1.29 is 9.31 Å². The van der Waals surface area contributed by atoms with Crippen molar-refractivity contribution in [3.63, 3.8) is 0 Å². The summed E-state index contributed by atoms with van der Waals surface area (Å²) in [5, 5.41) is 0.191. The Kier molecular flexibility index (Phi) is 19.4. The topological polar surface area (TPSA) is 95.8 Å². The second-order valence-corrected chi connectivity index (χ2v) is 32.7. The number of rotatable bonds is 8. The fourth-order valence-electron chi connectivity index (χ4n) is 18.4. The maximum absolute atomic E-state index is 6.45. The molecule has 0 saturated carbocycles. The molecular weight excluding hydrogens is 1440 g/mol. The third kappa shape index (κ3) is 12.5. The standard InChI is InChI=1S/C49H35N3.C34H33BO2.C21H14ClN3.2CH4/c1-48(2)41-21-11-13-23-43(41)49(44-24-14-12-22-42(44)48)39-20-10-9-19-37(39)38-31-36(29-30-40(38)49)47-51-45(34-17-7-4-8-18-34)50-46(52-47)35-27-25-33(26-28-35)32-15-5-3-6-16-32;1-31(2)27-15-9-11-17-29(27)34(30-18-12-10-16-28(30)31)25-14-8-7-13-23(25)24-21-22(19-20-26(24)34)35-36-32(3,4)33(5,6)37-35;22-21-24-19(17-9-5-2-6-10-17)23-20(25-21)18-13-11-16(12-14-18)15-7-3-1-4-8-15;;/h3-31H,1-2H3;7-21H,1-6H3;1-14H;2*1H4. The second-order valence-electron chi connectivity index (χ2n) is 32.4. The molecule has 5 aliphatic rings. The summed E-state index contributed by atoms with van der Waals surface area (Å²) in [7, 11) is -0.385. The molecule has 8 nitrogen and oxygen atoms in total. The van der Waals surface area contributed by atoms with Gasteiger partial charge in [0.05, 0.1) is 22.0 Å². The van der Waals surface area contributed by atoms with E-state index in [2.05, 4.69) is 337 Å². The Hall–Kier alpha value is -12.6. The first kappa shape index (κ1) is 76.0. The lowest BCUT2D eigenvalue weighted by Gasteiger charge is -2.46. The van der Waals surface area contributed by atoms with Crippen molar-refractivity contribution in [1.82, 2.24) is 29.9 Å². The molecule has 14 aromatic carbocycles. The average Bonchev–Trinajstić information content (AvgIpc) is 1.47. The summed E-state index contributed by atoms with van der Waals surface area (Å²) in [5.41, 5.74) is 30.0. The van der Waals surface area contributed by atoms with Gasteiger partial charge in [-0.2, -0.15) is 9.97 Å². The van der Waals surface area contributed by atoms with E-state index < -0.39 is 5.41 Å². The maximum Gasteiger partial charge on any atom is 0.494 e. The Labute approximate surface area is 687 Å². The molecule has 21 rings (SSSR count). The summed E-state index contributed by atoms with van der Waals surface area (Å²) in [4.78, 5) is 28.4. The zero-order chi connectivity index (χ0) is 77.7. The minimum absolute atomic E-state index is 0. The van der Waals surface area contributed by atoms with E-state index in [0.29, 0.717) is 29.1 Å². The van der Waals surface area contributed by atoms with Crippen LogP contribution in [0.2, 0.25) is 5.28 Å². The first-order chi connectivity index (χ1) is 55.4. The first-order valence-corrected chi connectivity index (χ1v) is 39.6. The van der Waals surface area contributed by atoms with E-state index in [1.54, 1.807) is 0 Å². The third-order valence-electron chi connectivity index (χ3n) is 24.7. The van der Waals surface area contributed by atoms with Crippen molar-refractivity contribution in [3.8, 4) is 101 Å². The van der Waals surface area contributed by atoms with Gasteiger partial charge in [0.1, 0.15) is 0 Å². The highest BCUT2D eigenvalue weighted by molar-refractivity contribution is 6.62. The van der Waals surface area contributed by atoms with Gasteiger partial charge >= 0.3 is 7.12 Å². The Balaban J connectivity index is 0.000000132. The van der Waals surface area contributed by atoms with E-state index in [-0.39, 0.29) is 54.7 Å². The molecule has 0 atom stereocenters. The molecule has 0 bridgehead atoms. The second kappa shape index (κ2) is 29.6. The molecule has 10 heteroatoms. The van der Waals surface area contributed by atoms with Gasteiger partial charge in [-0.15, -0.1) is 0 Å². The summed E-state index contributed by atoms with van der Waals surface area (Å²) in [6, 6.07) is 125. The molecule has 0 N–H and O–H groups in total. The molecule has 566 valence electrons. The summed E-state index contributed by atoms with van der Waals surface area (Å²) < 4.78 is 12.9. The van der Waals surface area contributed by atoms with Crippen LogP contribution in [0.3, 0.4) is 0 Å². The zero-order valence-electron chi connectivity index (χ0n) is 64.9. The lowest BCUT2D eigenvalue weighted by molar-refractivity contribution is 0.00578. The lowest BCUT2D eigenvalue weighted by atomic mass is 9.55. The highest BCUT2D eigenvalue weighted by atomic mass is 35.5. The van der Waals surface area contributed by atoms with E-state index in [0.717, 1.165) is 44.4 Å². The molecule has 2 aromatic heterocycles. The summed E-state index contributed by atoms with van der Waals surface area (Å²) in [5.74, 6) is 3.10. The van der Waals surface area contributed by atoms with Gasteiger partial charge in [0.2, 0.25) is 5.28 Å². The predicted octanol–water partition coefficient (Wildman–Crippen LogP) is 25.3. The number of nitrogens with zero attached hydrogens (tertiary/aromatic N) is 6. The Morgan fingerprint density at radius 1 is 0.224 bits per heavy atom. The molecule has 116 heavy (non-hydrogen) atoms. The summed E-state index contributed by atoms with van der Waals surface area (Å²) >= 11 is 6.11. The van der Waals surface area contributed by atoms with Crippen LogP contribution in [0.1, 0.15) is 137 Å². The molecule has 0 unspecified atom stereocenters. The van der Waals surface area contributed by atoms with Crippen molar-refractivity contribution >= 4 is 24.2 Å². The van der Waals surface area contributed by atoms with Gasteiger partial charge in [-0.05, 0) is 162 Å². The van der Waals surface area contributed by atoms with Gasteiger partial charge in [0, 0.05) is 38.6 Å². The SMILES string of the molecule is C.C.CC1(C)c2ccccc2C2(c3ccccc3-c3cc(-c4nc(-c5ccccc5)nc(-c5ccc(-c6ccccc6)cc5)n4)ccc32)c2ccccc21.CC1(C)c2ccccc2C2(c3ccccc3-c3cc(B4OC(C)(C)C(C)(C)O4)ccc32)c2ccccc21.Clc1nc(-c2ccccc2)nc(-c2ccc(-c3ccccc3)cc2)n1. The van der Waals surface area contributed by atoms with Crippen molar-refractivity contribution in [1.29, 1.82) is 0 Å². The largest absolute Gasteiger partial charge is 0.494 e. The highest BCUT2D eigenvalue weighted by Gasteiger charge is 2.57. The van der Waals surface area contributed by atoms with Crippen LogP contribution in [-0.2, 0) is 31.0 Å². The summed E-state index contributed by atoms with van der Waals surface area (Å²) in [6.07, 6.45) is 0. The van der Waals surface area contributed by atoms with Crippen molar-refractivity contribution in [2.75, 3.05) is 0 Å². The van der Waals surface area contributed by atoms with Crippen molar-refractivity contribution in [2.45, 2.75) is 103 Å². The minimum Gasteiger partial charge on any atom is -0.399 e. The zero-order valence-corrected chi connectivity index (χ0v) is 65.7. The van der Waals surface area contributed by atoms with Crippen LogP contribution in [0.15, 0.2) is 352 Å². The van der Waals surface area contributed by atoms with E-state index in [4.69, 9.17) is 35.9 Å². The first-order valence-electron chi connectivity index (χ1n) is 39.3. The monoisotopic (exact) mass is 1520 g/mol. The molecule has 1 saturated heterocycles. The van der Waals surface area contributed by atoms with Crippen LogP contribution in [0, 0.1) is 0 Å². The molecular formula is C106H90BClN6O2. The van der Waals surface area contributed by atoms with Gasteiger partial charge in [-0.1, -0.05) is 388 Å². The van der Waals surface area contributed by atoms with Gasteiger partial charge in [0.25, 0.3) is 0 Å². The quantitative estimate of drug-likeness (QED) is 0.139. The average molecular weight is 1530 g/mol. The number of hydrogen-bond donors (Lipinski definition) is 0. The van der Waals surface area contributed by atoms with E-state index in [1.165, 1.54) is 100 Å². The highest BCUT2D eigenvalue weighted by Crippen LogP contribution is 2.64. The molecule has 0 amide bonds. The van der Waals surface area contributed by atoms with Crippen LogP contribution < -0.4 is 5.46 Å². The Morgan fingerprint density at radius 2 is 0.466 bits per heavy atom. The van der Waals surface area contributed by atoms with E-state index in [9.17, 15) is 0 Å². The third-order valence-corrected chi connectivity index (χ3v) is 24.9. The van der Waals surface area contributed by atoms with Crippen molar-refractivity contribution in [2.24, 2.45) is 0 Å². The number of aromatic nitrogens is 6. The molecule has 16 aromatic rings. The smallest absolute Gasteiger partial charge is 0.399 e.